The third-order valence-electron chi connectivity index (χ3n) is 4.08. The Morgan fingerprint density at radius 2 is 1.74 bits per heavy atom. The maximum Gasteiger partial charge on any atom is 0.123 e. The van der Waals surface area contributed by atoms with E-state index in [0.29, 0.717) is 18.0 Å². The van der Waals surface area contributed by atoms with Crippen LogP contribution < -0.4 is 5.32 Å². The third-order valence-corrected chi connectivity index (χ3v) is 4.08. The molecule has 0 aliphatic rings. The molecular weight excluding hydrogens is 237 g/mol. The average molecular weight is 265 g/mol. The molecule has 1 N–H and O–H groups in total. The van der Waals surface area contributed by atoms with Crippen LogP contribution in [0, 0.1) is 11.7 Å². The normalized spacial score (nSPS) is 16.1. The number of hydrogen-bond donors (Lipinski definition) is 1. The molecule has 108 valence electrons. The van der Waals surface area contributed by atoms with Crippen molar-refractivity contribution in [2.45, 2.75) is 65.5 Å². The van der Waals surface area contributed by atoms with Gasteiger partial charge in [0.1, 0.15) is 5.82 Å². The molecule has 0 spiro atoms. The summed E-state index contributed by atoms with van der Waals surface area (Å²) in [5.74, 6) is 0.498. The van der Waals surface area contributed by atoms with Gasteiger partial charge in [-0.25, -0.2) is 4.39 Å². The molecule has 0 aliphatic carbocycles. The van der Waals surface area contributed by atoms with Crippen molar-refractivity contribution in [3.8, 4) is 0 Å². The zero-order valence-electron chi connectivity index (χ0n) is 12.7. The molecule has 1 nitrogen and oxygen atoms in total. The van der Waals surface area contributed by atoms with Crippen LogP contribution in [0.3, 0.4) is 0 Å². The van der Waals surface area contributed by atoms with E-state index in [1.165, 1.54) is 24.8 Å². The summed E-state index contributed by atoms with van der Waals surface area (Å²) in [4.78, 5) is 0. The molecule has 1 aromatic rings. The van der Waals surface area contributed by atoms with E-state index >= 15 is 0 Å². The molecule has 0 aromatic heterocycles. The van der Waals surface area contributed by atoms with Crippen molar-refractivity contribution in [1.82, 2.24) is 5.32 Å². The molecule has 1 aromatic carbocycles. The zero-order valence-corrected chi connectivity index (χ0v) is 12.7. The predicted molar refractivity (Wildman–Crippen MR) is 80.7 cm³/mol. The van der Waals surface area contributed by atoms with Crippen LogP contribution in [-0.2, 0) is 0 Å². The van der Waals surface area contributed by atoms with Crippen molar-refractivity contribution in [2.24, 2.45) is 5.92 Å². The first-order valence-electron chi connectivity index (χ1n) is 7.60. The highest BCUT2D eigenvalue weighted by molar-refractivity contribution is 5.20. The zero-order chi connectivity index (χ0) is 14.3. The van der Waals surface area contributed by atoms with E-state index in [1.54, 1.807) is 12.1 Å². The van der Waals surface area contributed by atoms with Crippen LogP contribution in [0.4, 0.5) is 4.39 Å². The van der Waals surface area contributed by atoms with Gasteiger partial charge in [-0.3, -0.25) is 0 Å². The number of halogens is 1. The molecular formula is C17H28FN. The van der Waals surface area contributed by atoms with Crippen LogP contribution in [0.2, 0.25) is 0 Å². The fourth-order valence-corrected chi connectivity index (χ4v) is 2.28. The fraction of sp³-hybridized carbons (Fsp3) is 0.647. The van der Waals surface area contributed by atoms with Gasteiger partial charge in [0.05, 0.1) is 0 Å². The lowest BCUT2D eigenvalue weighted by molar-refractivity contribution is 0.337. The van der Waals surface area contributed by atoms with E-state index in [4.69, 9.17) is 0 Å². The molecule has 0 bridgehead atoms. The van der Waals surface area contributed by atoms with Gasteiger partial charge in [0.25, 0.3) is 0 Å². The first-order chi connectivity index (χ1) is 9.08. The van der Waals surface area contributed by atoms with Crippen LogP contribution in [0.1, 0.15) is 65.0 Å². The SMILES string of the molecule is CCCCC(NC(C)C(C)CC)c1ccc(F)cc1. The Morgan fingerprint density at radius 3 is 2.26 bits per heavy atom. The summed E-state index contributed by atoms with van der Waals surface area (Å²) >= 11 is 0. The highest BCUT2D eigenvalue weighted by Gasteiger charge is 2.17. The fourth-order valence-electron chi connectivity index (χ4n) is 2.28. The number of benzene rings is 1. The van der Waals surface area contributed by atoms with Gasteiger partial charge in [-0.05, 0) is 37.0 Å². The predicted octanol–water partition coefficient (Wildman–Crippen LogP) is 5.08. The molecule has 2 heteroatoms. The number of hydrogen-bond acceptors (Lipinski definition) is 1. The van der Waals surface area contributed by atoms with Crippen LogP contribution in [0.25, 0.3) is 0 Å². The summed E-state index contributed by atoms with van der Waals surface area (Å²) in [5, 5.41) is 3.72. The lowest BCUT2D eigenvalue weighted by atomic mass is 9.96. The maximum atomic E-state index is 13.0. The van der Waals surface area contributed by atoms with Gasteiger partial charge < -0.3 is 5.32 Å². The van der Waals surface area contributed by atoms with Gasteiger partial charge >= 0.3 is 0 Å². The van der Waals surface area contributed by atoms with Crippen molar-refractivity contribution in [3.63, 3.8) is 0 Å². The Labute approximate surface area is 117 Å². The molecule has 0 amide bonds. The Bertz CT molecular complexity index is 347. The van der Waals surface area contributed by atoms with E-state index in [0.717, 1.165) is 6.42 Å². The average Bonchev–Trinajstić information content (AvgIpc) is 2.43. The second-order valence-corrected chi connectivity index (χ2v) is 5.59. The minimum absolute atomic E-state index is 0.159. The summed E-state index contributed by atoms with van der Waals surface area (Å²) in [6, 6.07) is 7.76. The lowest BCUT2D eigenvalue weighted by Gasteiger charge is -2.27. The summed E-state index contributed by atoms with van der Waals surface area (Å²) in [6.45, 7) is 8.96. The monoisotopic (exact) mass is 265 g/mol. The topological polar surface area (TPSA) is 12.0 Å². The molecule has 1 rings (SSSR count). The molecule has 0 radical (unpaired) electrons. The third kappa shape index (κ3) is 5.32. The van der Waals surface area contributed by atoms with Gasteiger partial charge in [0.2, 0.25) is 0 Å². The van der Waals surface area contributed by atoms with E-state index < -0.39 is 0 Å². The molecule has 3 atom stereocenters. The Kier molecular flexibility index (Phi) is 7.07. The summed E-state index contributed by atoms with van der Waals surface area (Å²) in [5.41, 5.74) is 1.20. The van der Waals surface area contributed by atoms with Gasteiger partial charge in [-0.2, -0.15) is 0 Å². The number of nitrogens with one attached hydrogen (secondary N) is 1. The first-order valence-corrected chi connectivity index (χ1v) is 7.60. The van der Waals surface area contributed by atoms with Crippen molar-refractivity contribution >= 4 is 0 Å². The Balaban J connectivity index is 2.73. The molecule has 19 heavy (non-hydrogen) atoms. The summed E-state index contributed by atoms with van der Waals surface area (Å²) in [6.07, 6.45) is 4.68. The molecule has 3 unspecified atom stereocenters. The smallest absolute Gasteiger partial charge is 0.123 e. The van der Waals surface area contributed by atoms with Crippen molar-refractivity contribution in [1.29, 1.82) is 0 Å². The quantitative estimate of drug-likeness (QED) is 0.691. The molecule has 0 heterocycles. The molecule has 0 saturated heterocycles. The summed E-state index contributed by atoms with van der Waals surface area (Å²) in [7, 11) is 0. The van der Waals surface area contributed by atoms with E-state index in [9.17, 15) is 4.39 Å². The van der Waals surface area contributed by atoms with Crippen molar-refractivity contribution in [2.75, 3.05) is 0 Å². The minimum atomic E-state index is -0.159. The second-order valence-electron chi connectivity index (χ2n) is 5.59. The van der Waals surface area contributed by atoms with Crippen LogP contribution in [-0.4, -0.2) is 6.04 Å². The van der Waals surface area contributed by atoms with E-state index in [-0.39, 0.29) is 5.82 Å². The minimum Gasteiger partial charge on any atom is -0.307 e. The van der Waals surface area contributed by atoms with Gasteiger partial charge in [-0.15, -0.1) is 0 Å². The van der Waals surface area contributed by atoms with Gasteiger partial charge in [0.15, 0.2) is 0 Å². The highest BCUT2D eigenvalue weighted by Crippen LogP contribution is 2.22. The Morgan fingerprint density at radius 1 is 1.11 bits per heavy atom. The first kappa shape index (κ1) is 16.2. The standard InChI is InChI=1S/C17H28FN/c1-5-7-8-17(19-14(4)13(3)6-2)15-9-11-16(18)12-10-15/h9-14,17,19H,5-8H2,1-4H3. The highest BCUT2D eigenvalue weighted by atomic mass is 19.1. The molecule has 0 saturated carbocycles. The van der Waals surface area contributed by atoms with Gasteiger partial charge in [-0.1, -0.05) is 52.2 Å². The van der Waals surface area contributed by atoms with Gasteiger partial charge in [0, 0.05) is 12.1 Å². The Hall–Kier alpha value is -0.890. The van der Waals surface area contributed by atoms with E-state index in [1.807, 2.05) is 12.1 Å². The maximum absolute atomic E-state index is 13.0. The van der Waals surface area contributed by atoms with Crippen LogP contribution in [0.5, 0.6) is 0 Å². The van der Waals surface area contributed by atoms with Crippen molar-refractivity contribution in [3.05, 3.63) is 35.6 Å². The molecule has 0 aliphatic heterocycles. The largest absolute Gasteiger partial charge is 0.307 e. The van der Waals surface area contributed by atoms with Crippen LogP contribution >= 0.6 is 0 Å². The lowest BCUT2D eigenvalue weighted by Crippen LogP contribution is -2.35. The number of rotatable bonds is 8. The second kappa shape index (κ2) is 8.31. The van der Waals surface area contributed by atoms with E-state index in [2.05, 4.69) is 33.0 Å². The van der Waals surface area contributed by atoms with Crippen molar-refractivity contribution < 1.29 is 4.39 Å². The summed E-state index contributed by atoms with van der Waals surface area (Å²) < 4.78 is 13.0. The molecule has 0 fully saturated rings. The number of unbranched alkanes of at least 4 members (excludes halogenated alkanes) is 1. The van der Waals surface area contributed by atoms with Crippen LogP contribution in [0.15, 0.2) is 24.3 Å².